The SMILES string of the molecule is CC(C)c1ccc(CC(=O)Cc2ccc(Cl)cc2)cc1. The largest absolute Gasteiger partial charge is 0.299 e. The Morgan fingerprint density at radius 2 is 1.35 bits per heavy atom. The second-order valence-corrected chi connectivity index (χ2v) is 5.85. The monoisotopic (exact) mass is 286 g/mol. The molecule has 0 aliphatic carbocycles. The third kappa shape index (κ3) is 4.21. The zero-order valence-corrected chi connectivity index (χ0v) is 12.7. The molecule has 0 saturated carbocycles. The number of halogens is 1. The minimum atomic E-state index is 0.226. The third-order valence-electron chi connectivity index (χ3n) is 3.36. The molecule has 0 spiro atoms. The number of hydrogen-bond acceptors (Lipinski definition) is 1. The summed E-state index contributed by atoms with van der Waals surface area (Å²) in [5, 5.41) is 0.700. The first-order valence-corrected chi connectivity index (χ1v) is 7.27. The van der Waals surface area contributed by atoms with Crippen LogP contribution in [0.3, 0.4) is 0 Å². The predicted octanol–water partition coefficient (Wildman–Crippen LogP) is 4.82. The van der Waals surface area contributed by atoms with Crippen molar-refractivity contribution in [1.29, 1.82) is 0 Å². The van der Waals surface area contributed by atoms with Gasteiger partial charge in [0.25, 0.3) is 0 Å². The van der Waals surface area contributed by atoms with Gasteiger partial charge in [0.15, 0.2) is 0 Å². The fraction of sp³-hybridized carbons (Fsp3) is 0.278. The lowest BCUT2D eigenvalue weighted by Crippen LogP contribution is -2.06. The molecule has 20 heavy (non-hydrogen) atoms. The third-order valence-corrected chi connectivity index (χ3v) is 3.61. The van der Waals surface area contributed by atoms with Gasteiger partial charge in [-0.3, -0.25) is 4.79 Å². The molecule has 2 heteroatoms. The maximum Gasteiger partial charge on any atom is 0.141 e. The Morgan fingerprint density at radius 3 is 1.80 bits per heavy atom. The van der Waals surface area contributed by atoms with Crippen molar-refractivity contribution in [3.63, 3.8) is 0 Å². The highest BCUT2D eigenvalue weighted by Gasteiger charge is 2.06. The molecule has 0 bridgehead atoms. The van der Waals surface area contributed by atoms with E-state index < -0.39 is 0 Å². The molecule has 0 aliphatic rings. The van der Waals surface area contributed by atoms with E-state index in [0.29, 0.717) is 23.8 Å². The summed E-state index contributed by atoms with van der Waals surface area (Å²) >= 11 is 5.83. The van der Waals surface area contributed by atoms with Gasteiger partial charge in [0.1, 0.15) is 5.78 Å². The zero-order valence-electron chi connectivity index (χ0n) is 11.9. The molecule has 104 valence electrons. The number of Topliss-reactive ketones (excluding diaryl/α,β-unsaturated/α-hetero) is 1. The first-order chi connectivity index (χ1) is 9.54. The van der Waals surface area contributed by atoms with Gasteiger partial charge in [0.2, 0.25) is 0 Å². The predicted molar refractivity (Wildman–Crippen MR) is 84.4 cm³/mol. The average molecular weight is 287 g/mol. The van der Waals surface area contributed by atoms with E-state index in [9.17, 15) is 4.79 Å². The van der Waals surface area contributed by atoms with E-state index in [2.05, 4.69) is 38.1 Å². The minimum absolute atomic E-state index is 0.226. The molecule has 2 aromatic rings. The van der Waals surface area contributed by atoms with Crippen molar-refractivity contribution in [3.8, 4) is 0 Å². The van der Waals surface area contributed by atoms with Gasteiger partial charge >= 0.3 is 0 Å². The van der Waals surface area contributed by atoms with E-state index in [1.165, 1.54) is 5.56 Å². The molecule has 1 nitrogen and oxygen atoms in total. The second kappa shape index (κ2) is 6.71. The summed E-state index contributed by atoms with van der Waals surface area (Å²) in [4.78, 5) is 12.1. The van der Waals surface area contributed by atoms with E-state index >= 15 is 0 Å². The highest BCUT2D eigenvalue weighted by Crippen LogP contribution is 2.16. The highest BCUT2D eigenvalue weighted by molar-refractivity contribution is 6.30. The van der Waals surface area contributed by atoms with Crippen molar-refractivity contribution < 1.29 is 4.79 Å². The number of benzene rings is 2. The molecule has 0 fully saturated rings. The van der Waals surface area contributed by atoms with Gasteiger partial charge in [0.05, 0.1) is 0 Å². The fourth-order valence-electron chi connectivity index (χ4n) is 2.14. The lowest BCUT2D eigenvalue weighted by Gasteiger charge is -2.07. The fourth-order valence-corrected chi connectivity index (χ4v) is 2.27. The number of carbonyl (C=O) groups is 1. The van der Waals surface area contributed by atoms with Gasteiger partial charge in [-0.1, -0.05) is 61.8 Å². The Balaban J connectivity index is 1.95. The van der Waals surface area contributed by atoms with Crippen LogP contribution in [0.15, 0.2) is 48.5 Å². The van der Waals surface area contributed by atoms with Gasteiger partial charge in [-0.15, -0.1) is 0 Å². The van der Waals surface area contributed by atoms with E-state index in [-0.39, 0.29) is 5.78 Å². The first kappa shape index (κ1) is 14.8. The summed E-state index contributed by atoms with van der Waals surface area (Å²) in [6.45, 7) is 4.33. The molecule has 0 heterocycles. The summed E-state index contributed by atoms with van der Waals surface area (Å²) in [6, 6.07) is 15.8. The molecule has 0 unspecified atom stereocenters. The molecule has 0 aromatic heterocycles. The van der Waals surface area contributed by atoms with Crippen LogP contribution >= 0.6 is 11.6 Å². The number of rotatable bonds is 5. The summed E-state index contributed by atoms with van der Waals surface area (Å²) < 4.78 is 0. The minimum Gasteiger partial charge on any atom is -0.299 e. The van der Waals surface area contributed by atoms with Crippen molar-refractivity contribution >= 4 is 17.4 Å². The van der Waals surface area contributed by atoms with Crippen LogP contribution in [-0.4, -0.2) is 5.78 Å². The van der Waals surface area contributed by atoms with Crippen molar-refractivity contribution in [2.45, 2.75) is 32.6 Å². The molecule has 0 amide bonds. The van der Waals surface area contributed by atoms with Crippen LogP contribution in [0.5, 0.6) is 0 Å². The van der Waals surface area contributed by atoms with E-state index in [1.54, 1.807) is 0 Å². The van der Waals surface area contributed by atoms with Crippen LogP contribution in [0, 0.1) is 0 Å². The smallest absolute Gasteiger partial charge is 0.141 e. The highest BCUT2D eigenvalue weighted by atomic mass is 35.5. The van der Waals surface area contributed by atoms with Gasteiger partial charge in [-0.2, -0.15) is 0 Å². The van der Waals surface area contributed by atoms with Crippen molar-refractivity contribution in [1.82, 2.24) is 0 Å². The van der Waals surface area contributed by atoms with Gasteiger partial charge in [-0.25, -0.2) is 0 Å². The Bertz CT molecular complexity index is 567. The topological polar surface area (TPSA) is 17.1 Å². The second-order valence-electron chi connectivity index (χ2n) is 5.41. The van der Waals surface area contributed by atoms with Gasteiger partial charge < -0.3 is 0 Å². The quantitative estimate of drug-likeness (QED) is 0.770. The normalized spacial score (nSPS) is 10.8. The summed E-state index contributed by atoms with van der Waals surface area (Å²) in [5.74, 6) is 0.749. The molecular weight excluding hydrogens is 268 g/mol. The Morgan fingerprint density at radius 1 is 0.900 bits per heavy atom. The zero-order chi connectivity index (χ0) is 14.5. The van der Waals surface area contributed by atoms with E-state index in [1.807, 2.05) is 24.3 Å². The average Bonchev–Trinajstić information content (AvgIpc) is 2.42. The summed E-state index contributed by atoms with van der Waals surface area (Å²) in [7, 11) is 0. The molecule has 0 aliphatic heterocycles. The molecule has 0 atom stereocenters. The summed E-state index contributed by atoms with van der Waals surface area (Å²) in [6.07, 6.45) is 0.949. The molecule has 2 aromatic carbocycles. The standard InChI is InChI=1S/C18H19ClO/c1-13(2)16-7-3-14(4-8-16)11-18(20)12-15-5-9-17(19)10-6-15/h3-10,13H,11-12H2,1-2H3. The van der Waals surface area contributed by atoms with Crippen LogP contribution < -0.4 is 0 Å². The molecular formula is C18H19ClO. The first-order valence-electron chi connectivity index (χ1n) is 6.89. The maximum absolute atomic E-state index is 12.1. The maximum atomic E-state index is 12.1. The summed E-state index contributed by atoms with van der Waals surface area (Å²) in [5.41, 5.74) is 3.39. The Labute approximate surface area is 125 Å². The van der Waals surface area contributed by atoms with Crippen LogP contribution in [0.2, 0.25) is 5.02 Å². The van der Waals surface area contributed by atoms with Crippen LogP contribution in [0.25, 0.3) is 0 Å². The van der Waals surface area contributed by atoms with Crippen LogP contribution in [0.4, 0.5) is 0 Å². The number of ketones is 1. The van der Waals surface area contributed by atoms with Crippen LogP contribution in [0.1, 0.15) is 36.5 Å². The van der Waals surface area contributed by atoms with E-state index in [4.69, 9.17) is 11.6 Å². The Hall–Kier alpha value is -1.60. The van der Waals surface area contributed by atoms with Crippen molar-refractivity contribution in [2.75, 3.05) is 0 Å². The lowest BCUT2D eigenvalue weighted by molar-refractivity contribution is -0.117. The number of hydrogen-bond donors (Lipinski definition) is 0. The van der Waals surface area contributed by atoms with Gasteiger partial charge in [0, 0.05) is 17.9 Å². The van der Waals surface area contributed by atoms with Crippen molar-refractivity contribution in [2.24, 2.45) is 0 Å². The molecule has 2 rings (SSSR count). The lowest BCUT2D eigenvalue weighted by atomic mass is 9.98. The van der Waals surface area contributed by atoms with Crippen molar-refractivity contribution in [3.05, 3.63) is 70.2 Å². The van der Waals surface area contributed by atoms with Crippen LogP contribution in [-0.2, 0) is 17.6 Å². The number of carbonyl (C=O) groups excluding carboxylic acids is 1. The van der Waals surface area contributed by atoms with Gasteiger partial charge in [-0.05, 0) is 34.7 Å². The van der Waals surface area contributed by atoms with E-state index in [0.717, 1.165) is 11.1 Å². The molecule has 0 N–H and O–H groups in total. The molecule has 0 saturated heterocycles. The molecule has 0 radical (unpaired) electrons. The Kier molecular flexibility index (Phi) is 4.97.